The summed E-state index contributed by atoms with van der Waals surface area (Å²) in [4.78, 5) is 0. The highest BCUT2D eigenvalue weighted by molar-refractivity contribution is 5.42. The van der Waals surface area contributed by atoms with Crippen LogP contribution in [0.3, 0.4) is 0 Å². The molecule has 4 heteroatoms. The summed E-state index contributed by atoms with van der Waals surface area (Å²) in [6, 6.07) is 8.25. The average Bonchev–Trinajstić information content (AvgIpc) is 2.48. The van der Waals surface area contributed by atoms with Crippen molar-refractivity contribution in [3.63, 3.8) is 0 Å². The van der Waals surface area contributed by atoms with Gasteiger partial charge in [-0.15, -0.1) is 0 Å². The highest BCUT2D eigenvalue weighted by atomic mass is 16.5. The maximum absolute atomic E-state index is 9.18. The second-order valence-electron chi connectivity index (χ2n) is 5.43. The standard InChI is InChI=1S/C17H26N2O2/c1-5-19-17(3,13-18)10-6-7-11-21-15-9-8-14(2)12-16(15)20-4/h8-9,12,19H,5-7,10-11H2,1-4H3. The van der Waals surface area contributed by atoms with Gasteiger partial charge in [0.1, 0.15) is 5.54 Å². The molecule has 1 rings (SSSR count). The summed E-state index contributed by atoms with van der Waals surface area (Å²) in [5.41, 5.74) is 0.714. The lowest BCUT2D eigenvalue weighted by Crippen LogP contribution is -2.40. The van der Waals surface area contributed by atoms with Gasteiger partial charge in [0.2, 0.25) is 0 Å². The highest BCUT2D eigenvalue weighted by Crippen LogP contribution is 2.28. The van der Waals surface area contributed by atoms with Gasteiger partial charge in [0.15, 0.2) is 11.5 Å². The maximum Gasteiger partial charge on any atom is 0.161 e. The van der Waals surface area contributed by atoms with Crippen molar-refractivity contribution in [2.75, 3.05) is 20.3 Å². The van der Waals surface area contributed by atoms with E-state index in [4.69, 9.17) is 9.47 Å². The summed E-state index contributed by atoms with van der Waals surface area (Å²) < 4.78 is 11.1. The summed E-state index contributed by atoms with van der Waals surface area (Å²) in [5.74, 6) is 1.54. The molecule has 0 aliphatic heterocycles. The predicted octanol–water partition coefficient (Wildman–Crippen LogP) is 3.44. The maximum atomic E-state index is 9.18. The van der Waals surface area contributed by atoms with Gasteiger partial charge in [0, 0.05) is 0 Å². The van der Waals surface area contributed by atoms with Crippen LogP contribution >= 0.6 is 0 Å². The summed E-state index contributed by atoms with van der Waals surface area (Å²) in [6.07, 6.45) is 2.69. The third-order valence-electron chi connectivity index (χ3n) is 3.46. The molecule has 1 aromatic carbocycles. The van der Waals surface area contributed by atoms with Gasteiger partial charge in [0.05, 0.1) is 19.8 Å². The normalized spacial score (nSPS) is 13.3. The minimum absolute atomic E-state index is 0.434. The van der Waals surface area contributed by atoms with Crippen LogP contribution in [0.2, 0.25) is 0 Å². The zero-order valence-corrected chi connectivity index (χ0v) is 13.5. The van der Waals surface area contributed by atoms with E-state index in [0.29, 0.717) is 6.61 Å². The first-order valence-electron chi connectivity index (χ1n) is 7.48. The Labute approximate surface area is 128 Å². The van der Waals surface area contributed by atoms with E-state index in [2.05, 4.69) is 11.4 Å². The number of nitriles is 1. The van der Waals surface area contributed by atoms with E-state index < -0.39 is 5.54 Å². The van der Waals surface area contributed by atoms with Crippen LogP contribution in [0.4, 0.5) is 0 Å². The minimum atomic E-state index is -0.434. The van der Waals surface area contributed by atoms with Gasteiger partial charge in [-0.25, -0.2) is 0 Å². The number of hydrogen-bond donors (Lipinski definition) is 1. The molecule has 21 heavy (non-hydrogen) atoms. The molecular formula is C17H26N2O2. The van der Waals surface area contributed by atoms with Crippen LogP contribution in [0, 0.1) is 18.3 Å². The SMILES string of the molecule is CCNC(C)(C#N)CCCCOc1ccc(C)cc1OC. The first-order valence-corrected chi connectivity index (χ1v) is 7.48. The van der Waals surface area contributed by atoms with Crippen LogP contribution < -0.4 is 14.8 Å². The Kier molecular flexibility index (Phi) is 7.04. The summed E-state index contributed by atoms with van der Waals surface area (Å²) in [6.45, 7) is 7.42. The summed E-state index contributed by atoms with van der Waals surface area (Å²) >= 11 is 0. The van der Waals surface area contributed by atoms with Crippen LogP contribution in [0.15, 0.2) is 18.2 Å². The van der Waals surface area contributed by atoms with Gasteiger partial charge in [-0.2, -0.15) is 5.26 Å². The van der Waals surface area contributed by atoms with E-state index in [0.717, 1.165) is 42.9 Å². The summed E-state index contributed by atoms with van der Waals surface area (Å²) in [7, 11) is 1.65. The second kappa shape index (κ2) is 8.53. The molecule has 0 aromatic heterocycles. The molecule has 0 heterocycles. The Bertz CT molecular complexity index is 482. The van der Waals surface area contributed by atoms with Crippen LogP contribution in [-0.4, -0.2) is 25.8 Å². The van der Waals surface area contributed by atoms with Crippen LogP contribution in [0.1, 0.15) is 38.7 Å². The van der Waals surface area contributed by atoms with E-state index in [1.807, 2.05) is 39.0 Å². The van der Waals surface area contributed by atoms with Gasteiger partial charge in [-0.1, -0.05) is 13.0 Å². The Morgan fingerprint density at radius 3 is 2.67 bits per heavy atom. The largest absolute Gasteiger partial charge is 0.493 e. The fraction of sp³-hybridized carbons (Fsp3) is 0.588. The fourth-order valence-electron chi connectivity index (χ4n) is 2.23. The Morgan fingerprint density at radius 2 is 2.05 bits per heavy atom. The number of nitrogens with zero attached hydrogens (tertiary/aromatic N) is 1. The molecule has 0 radical (unpaired) electrons. The van der Waals surface area contributed by atoms with Gasteiger partial charge < -0.3 is 9.47 Å². The first-order chi connectivity index (χ1) is 10.0. The predicted molar refractivity (Wildman–Crippen MR) is 84.8 cm³/mol. The first kappa shape index (κ1) is 17.3. The molecule has 0 aliphatic carbocycles. The number of ether oxygens (including phenoxy) is 2. The molecule has 0 bridgehead atoms. The zero-order valence-electron chi connectivity index (χ0n) is 13.5. The van der Waals surface area contributed by atoms with Crippen LogP contribution in [-0.2, 0) is 0 Å². The number of rotatable bonds is 9. The molecule has 4 nitrogen and oxygen atoms in total. The van der Waals surface area contributed by atoms with E-state index in [-0.39, 0.29) is 0 Å². The third-order valence-corrected chi connectivity index (χ3v) is 3.46. The van der Waals surface area contributed by atoms with E-state index in [1.165, 1.54) is 0 Å². The molecule has 0 spiro atoms. The highest BCUT2D eigenvalue weighted by Gasteiger charge is 2.21. The molecule has 1 unspecified atom stereocenters. The molecule has 1 atom stereocenters. The van der Waals surface area contributed by atoms with Crippen molar-refractivity contribution in [2.24, 2.45) is 0 Å². The Morgan fingerprint density at radius 1 is 1.29 bits per heavy atom. The average molecular weight is 290 g/mol. The number of hydrogen-bond acceptors (Lipinski definition) is 4. The Hall–Kier alpha value is -1.73. The van der Waals surface area contributed by atoms with Gasteiger partial charge in [-0.3, -0.25) is 5.32 Å². The lowest BCUT2D eigenvalue weighted by molar-refractivity contribution is 0.279. The molecule has 0 fully saturated rings. The topological polar surface area (TPSA) is 54.3 Å². The van der Waals surface area contributed by atoms with Crippen molar-refractivity contribution in [1.29, 1.82) is 5.26 Å². The van der Waals surface area contributed by atoms with Crippen molar-refractivity contribution in [1.82, 2.24) is 5.32 Å². The van der Waals surface area contributed by atoms with Crippen molar-refractivity contribution >= 4 is 0 Å². The van der Waals surface area contributed by atoms with Crippen molar-refractivity contribution in [2.45, 2.75) is 45.6 Å². The molecular weight excluding hydrogens is 264 g/mol. The second-order valence-corrected chi connectivity index (χ2v) is 5.43. The lowest BCUT2D eigenvalue weighted by Gasteiger charge is -2.22. The zero-order chi connectivity index (χ0) is 15.7. The van der Waals surface area contributed by atoms with E-state index >= 15 is 0 Å². The van der Waals surface area contributed by atoms with Gasteiger partial charge in [0.25, 0.3) is 0 Å². The monoisotopic (exact) mass is 290 g/mol. The molecule has 1 aromatic rings. The molecule has 0 saturated heterocycles. The minimum Gasteiger partial charge on any atom is -0.493 e. The van der Waals surface area contributed by atoms with Crippen LogP contribution in [0.5, 0.6) is 11.5 Å². The quantitative estimate of drug-likeness (QED) is 0.708. The molecule has 0 aliphatic rings. The molecule has 0 saturated carbocycles. The number of methoxy groups -OCH3 is 1. The number of aryl methyl sites for hydroxylation is 1. The molecule has 1 N–H and O–H groups in total. The molecule has 0 amide bonds. The third kappa shape index (κ3) is 5.65. The number of benzene rings is 1. The summed E-state index contributed by atoms with van der Waals surface area (Å²) in [5, 5.41) is 12.4. The van der Waals surface area contributed by atoms with Crippen molar-refractivity contribution < 1.29 is 9.47 Å². The Balaban J connectivity index is 2.37. The smallest absolute Gasteiger partial charge is 0.161 e. The van der Waals surface area contributed by atoms with E-state index in [9.17, 15) is 5.26 Å². The van der Waals surface area contributed by atoms with Crippen LogP contribution in [0.25, 0.3) is 0 Å². The number of nitrogens with one attached hydrogen (secondary N) is 1. The number of unbranched alkanes of at least 4 members (excludes halogenated alkanes) is 1. The van der Waals surface area contributed by atoms with Crippen molar-refractivity contribution in [3.05, 3.63) is 23.8 Å². The van der Waals surface area contributed by atoms with Gasteiger partial charge in [-0.05, 0) is 57.4 Å². The lowest BCUT2D eigenvalue weighted by atomic mass is 9.97. The van der Waals surface area contributed by atoms with Gasteiger partial charge >= 0.3 is 0 Å². The van der Waals surface area contributed by atoms with E-state index in [1.54, 1.807) is 7.11 Å². The van der Waals surface area contributed by atoms with Crippen molar-refractivity contribution in [3.8, 4) is 17.6 Å². The fourth-order valence-corrected chi connectivity index (χ4v) is 2.23. The molecule has 116 valence electrons.